The van der Waals surface area contributed by atoms with Crippen molar-refractivity contribution in [3.05, 3.63) is 28.8 Å². The Bertz CT molecular complexity index is 463. The summed E-state index contributed by atoms with van der Waals surface area (Å²) in [6, 6.07) is 5.36. The highest BCUT2D eigenvalue weighted by molar-refractivity contribution is 6.33. The van der Waals surface area contributed by atoms with Crippen LogP contribution < -0.4 is 21.7 Å². The number of nitrogens with two attached hydrogens (primary N) is 2. The van der Waals surface area contributed by atoms with E-state index in [1.165, 1.54) is 4.90 Å². The molecule has 0 heterocycles. The molecule has 0 saturated carbocycles. The Morgan fingerprint density at radius 3 is 2.26 bits per heavy atom. The Balaban J connectivity index is 3.00. The minimum Gasteiger partial charge on any atom is -0.368 e. The number of nitrogens with zero attached hydrogens (tertiary/aromatic N) is 1. The van der Waals surface area contributed by atoms with Crippen molar-refractivity contribution in [2.45, 2.75) is 6.54 Å². The molecule has 2 amide bonds. The second-order valence-electron chi connectivity index (χ2n) is 4.10. The van der Waals surface area contributed by atoms with Crippen LogP contribution in [-0.2, 0) is 16.1 Å². The zero-order chi connectivity index (χ0) is 14.4. The number of amides is 2. The van der Waals surface area contributed by atoms with Crippen LogP contribution in [-0.4, -0.2) is 32.0 Å². The van der Waals surface area contributed by atoms with Crippen molar-refractivity contribution in [3.8, 4) is 0 Å². The number of halogens is 1. The minimum atomic E-state index is -0.559. The third kappa shape index (κ3) is 4.76. The Hall–Kier alpha value is -1.79. The molecule has 0 unspecified atom stereocenters. The summed E-state index contributed by atoms with van der Waals surface area (Å²) in [5, 5.41) is 3.44. The summed E-state index contributed by atoms with van der Waals surface area (Å²) < 4.78 is 0. The maximum atomic E-state index is 11.0. The SMILES string of the molecule is CNCc1ccc(N(CC(N)=O)CC(N)=O)c(Cl)c1. The Morgan fingerprint density at radius 1 is 1.26 bits per heavy atom. The van der Waals surface area contributed by atoms with Crippen LogP contribution in [0.3, 0.4) is 0 Å². The number of nitrogens with one attached hydrogen (secondary N) is 1. The van der Waals surface area contributed by atoms with Crippen LogP contribution in [0.1, 0.15) is 5.56 Å². The number of rotatable bonds is 7. The number of hydrogen-bond donors (Lipinski definition) is 3. The van der Waals surface area contributed by atoms with Crippen LogP contribution >= 0.6 is 11.6 Å². The zero-order valence-corrected chi connectivity index (χ0v) is 11.4. The predicted octanol–water partition coefficient (Wildman–Crippen LogP) is -0.164. The van der Waals surface area contributed by atoms with Crippen molar-refractivity contribution in [3.63, 3.8) is 0 Å². The first-order valence-electron chi connectivity index (χ1n) is 5.68. The normalized spacial score (nSPS) is 10.2. The molecular weight excluding hydrogens is 268 g/mol. The maximum Gasteiger partial charge on any atom is 0.236 e. The fourth-order valence-electron chi connectivity index (χ4n) is 1.72. The second-order valence-corrected chi connectivity index (χ2v) is 4.51. The first kappa shape index (κ1) is 15.3. The van der Waals surface area contributed by atoms with Gasteiger partial charge in [0.25, 0.3) is 0 Å². The van der Waals surface area contributed by atoms with Crippen LogP contribution in [0.4, 0.5) is 5.69 Å². The quantitative estimate of drug-likeness (QED) is 0.647. The lowest BCUT2D eigenvalue weighted by Crippen LogP contribution is -2.39. The summed E-state index contributed by atoms with van der Waals surface area (Å²) in [5.74, 6) is -1.12. The highest BCUT2D eigenvalue weighted by Crippen LogP contribution is 2.26. The fraction of sp³-hybridized carbons (Fsp3) is 0.333. The smallest absolute Gasteiger partial charge is 0.236 e. The third-order valence-electron chi connectivity index (χ3n) is 2.43. The molecule has 0 aliphatic heterocycles. The zero-order valence-electron chi connectivity index (χ0n) is 10.6. The molecule has 19 heavy (non-hydrogen) atoms. The average molecular weight is 285 g/mol. The molecular formula is C12H17ClN4O2. The van der Waals surface area contributed by atoms with Gasteiger partial charge in [0.15, 0.2) is 0 Å². The van der Waals surface area contributed by atoms with E-state index in [1.807, 2.05) is 13.1 Å². The molecule has 0 aliphatic carbocycles. The van der Waals surface area contributed by atoms with Crippen LogP contribution in [0.5, 0.6) is 0 Å². The summed E-state index contributed by atoms with van der Waals surface area (Å²) in [6.07, 6.45) is 0. The molecule has 6 nitrogen and oxygen atoms in total. The van der Waals surface area contributed by atoms with Crippen LogP contribution in [0.25, 0.3) is 0 Å². The van der Waals surface area contributed by atoms with Gasteiger partial charge in [-0.1, -0.05) is 17.7 Å². The fourth-order valence-corrected chi connectivity index (χ4v) is 2.05. The standard InChI is InChI=1S/C12H17ClN4O2/c1-16-5-8-2-3-10(9(13)4-8)17(6-11(14)18)7-12(15)19/h2-4,16H,5-7H2,1H3,(H2,14,18)(H2,15,19). The van der Waals surface area contributed by atoms with Crippen LogP contribution in [0.2, 0.25) is 5.02 Å². The molecule has 0 aliphatic rings. The van der Waals surface area contributed by atoms with Gasteiger partial charge in [-0.2, -0.15) is 0 Å². The Labute approximate surface area is 116 Å². The predicted molar refractivity (Wildman–Crippen MR) is 74.8 cm³/mol. The van der Waals surface area contributed by atoms with E-state index in [0.717, 1.165) is 5.56 Å². The van der Waals surface area contributed by atoms with E-state index < -0.39 is 11.8 Å². The minimum absolute atomic E-state index is 0.117. The van der Waals surface area contributed by atoms with Gasteiger partial charge < -0.3 is 21.7 Å². The molecule has 0 saturated heterocycles. The number of carbonyl (C=O) groups is 2. The maximum absolute atomic E-state index is 11.0. The van der Waals surface area contributed by atoms with Gasteiger partial charge in [-0.3, -0.25) is 9.59 Å². The van der Waals surface area contributed by atoms with E-state index >= 15 is 0 Å². The lowest BCUT2D eigenvalue weighted by molar-refractivity contribution is -0.117. The highest BCUT2D eigenvalue weighted by Gasteiger charge is 2.15. The van der Waals surface area contributed by atoms with E-state index in [0.29, 0.717) is 17.3 Å². The first-order valence-corrected chi connectivity index (χ1v) is 6.06. The molecule has 0 atom stereocenters. The van der Waals surface area contributed by atoms with Crippen LogP contribution in [0.15, 0.2) is 18.2 Å². The second kappa shape index (κ2) is 6.96. The molecule has 0 spiro atoms. The lowest BCUT2D eigenvalue weighted by Gasteiger charge is -2.23. The van der Waals surface area contributed by atoms with Gasteiger partial charge in [0, 0.05) is 6.54 Å². The topological polar surface area (TPSA) is 101 Å². The number of benzene rings is 1. The van der Waals surface area contributed by atoms with Crippen molar-refractivity contribution in [2.75, 3.05) is 25.0 Å². The number of anilines is 1. The summed E-state index contributed by atoms with van der Waals surface area (Å²) >= 11 is 6.15. The molecule has 0 aromatic heterocycles. The summed E-state index contributed by atoms with van der Waals surface area (Å²) in [6.45, 7) is 0.438. The largest absolute Gasteiger partial charge is 0.368 e. The molecule has 1 aromatic rings. The van der Waals surface area contributed by atoms with Gasteiger partial charge in [0.05, 0.1) is 23.8 Å². The van der Waals surface area contributed by atoms with E-state index in [2.05, 4.69) is 5.32 Å². The molecule has 1 rings (SSSR count). The number of primary amides is 2. The Morgan fingerprint density at radius 2 is 1.84 bits per heavy atom. The van der Waals surface area contributed by atoms with Gasteiger partial charge in [-0.15, -0.1) is 0 Å². The van der Waals surface area contributed by atoms with E-state index in [1.54, 1.807) is 12.1 Å². The van der Waals surface area contributed by atoms with Crippen molar-refractivity contribution >= 4 is 29.1 Å². The summed E-state index contributed by atoms with van der Waals surface area (Å²) in [4.78, 5) is 23.5. The highest BCUT2D eigenvalue weighted by atomic mass is 35.5. The summed E-state index contributed by atoms with van der Waals surface area (Å²) in [5.41, 5.74) is 11.8. The molecule has 1 aromatic carbocycles. The first-order chi connectivity index (χ1) is 8.93. The molecule has 5 N–H and O–H groups in total. The van der Waals surface area contributed by atoms with Crippen molar-refractivity contribution in [1.82, 2.24) is 5.32 Å². The average Bonchev–Trinajstić information content (AvgIpc) is 2.27. The molecule has 104 valence electrons. The van der Waals surface area contributed by atoms with Gasteiger partial charge in [-0.25, -0.2) is 0 Å². The van der Waals surface area contributed by atoms with E-state index in [-0.39, 0.29) is 13.1 Å². The van der Waals surface area contributed by atoms with Gasteiger partial charge in [0.2, 0.25) is 11.8 Å². The van der Waals surface area contributed by atoms with Crippen molar-refractivity contribution in [2.24, 2.45) is 11.5 Å². The number of hydrogen-bond acceptors (Lipinski definition) is 4. The van der Waals surface area contributed by atoms with Crippen LogP contribution in [0, 0.1) is 0 Å². The lowest BCUT2D eigenvalue weighted by atomic mass is 10.2. The summed E-state index contributed by atoms with van der Waals surface area (Å²) in [7, 11) is 1.83. The molecule has 0 radical (unpaired) electrons. The van der Waals surface area contributed by atoms with Crippen molar-refractivity contribution < 1.29 is 9.59 Å². The van der Waals surface area contributed by atoms with E-state index in [9.17, 15) is 9.59 Å². The van der Waals surface area contributed by atoms with Gasteiger partial charge in [0.1, 0.15) is 0 Å². The molecule has 7 heteroatoms. The van der Waals surface area contributed by atoms with E-state index in [4.69, 9.17) is 23.1 Å². The molecule has 0 fully saturated rings. The van der Waals surface area contributed by atoms with Gasteiger partial charge in [-0.05, 0) is 24.7 Å². The number of carbonyl (C=O) groups excluding carboxylic acids is 2. The monoisotopic (exact) mass is 284 g/mol. The van der Waals surface area contributed by atoms with Crippen molar-refractivity contribution in [1.29, 1.82) is 0 Å². The molecule has 0 bridgehead atoms. The Kier molecular flexibility index (Phi) is 5.59. The third-order valence-corrected chi connectivity index (χ3v) is 2.73. The van der Waals surface area contributed by atoms with Gasteiger partial charge >= 0.3 is 0 Å².